The SMILES string of the molecule is Cc1nc(OC2CCCC2)ccc1-c1nc2c(c(=O)n(CCCO)c(=O)n2C(C)C)n1Cc1ccc(F)cc1. The van der Waals surface area contributed by atoms with Crippen LogP contribution in [0.2, 0.25) is 0 Å². The normalized spacial score (nSPS) is 14.1. The van der Waals surface area contributed by atoms with Crippen molar-refractivity contribution in [2.75, 3.05) is 6.61 Å². The number of benzene rings is 1. The number of halogens is 1. The van der Waals surface area contributed by atoms with E-state index in [1.54, 1.807) is 16.7 Å². The van der Waals surface area contributed by atoms with Crippen molar-refractivity contribution < 1.29 is 14.2 Å². The van der Waals surface area contributed by atoms with Gasteiger partial charge in [0.1, 0.15) is 17.7 Å². The third kappa shape index (κ3) is 5.25. The summed E-state index contributed by atoms with van der Waals surface area (Å²) in [6, 6.07) is 9.51. The molecule has 0 spiro atoms. The van der Waals surface area contributed by atoms with Gasteiger partial charge in [0.05, 0.1) is 5.69 Å². The number of aliphatic hydroxyl groups is 1. The molecular formula is C29H34FN5O4. The number of hydrogen-bond acceptors (Lipinski definition) is 6. The topological polar surface area (TPSA) is 104 Å². The number of imidazole rings is 1. The minimum Gasteiger partial charge on any atom is -0.474 e. The molecule has 4 aromatic rings. The van der Waals surface area contributed by atoms with Crippen molar-refractivity contribution in [3.05, 3.63) is 74.3 Å². The predicted molar refractivity (Wildman–Crippen MR) is 147 cm³/mol. The summed E-state index contributed by atoms with van der Waals surface area (Å²) in [4.78, 5) is 36.7. The second-order valence-electron chi connectivity index (χ2n) is 10.4. The molecule has 0 bridgehead atoms. The Morgan fingerprint density at radius 2 is 1.77 bits per heavy atom. The number of pyridine rings is 1. The number of aryl methyl sites for hydroxylation is 1. The van der Waals surface area contributed by atoms with Gasteiger partial charge in [0.25, 0.3) is 5.56 Å². The number of ether oxygens (including phenoxy) is 1. The van der Waals surface area contributed by atoms with Crippen LogP contribution in [0.1, 0.15) is 63.3 Å². The molecule has 1 aromatic carbocycles. The van der Waals surface area contributed by atoms with E-state index in [0.717, 1.165) is 35.8 Å². The summed E-state index contributed by atoms with van der Waals surface area (Å²) < 4.78 is 24.2. The van der Waals surface area contributed by atoms with Crippen LogP contribution in [0.3, 0.4) is 0 Å². The van der Waals surface area contributed by atoms with Gasteiger partial charge in [0.15, 0.2) is 11.2 Å². The van der Waals surface area contributed by atoms with Crippen LogP contribution in [-0.4, -0.2) is 41.5 Å². The van der Waals surface area contributed by atoms with Crippen LogP contribution in [0.4, 0.5) is 4.39 Å². The Kier molecular flexibility index (Phi) is 7.65. The quantitative estimate of drug-likeness (QED) is 0.345. The van der Waals surface area contributed by atoms with E-state index in [0.29, 0.717) is 23.0 Å². The van der Waals surface area contributed by atoms with Gasteiger partial charge < -0.3 is 14.4 Å². The van der Waals surface area contributed by atoms with Crippen molar-refractivity contribution in [3.63, 3.8) is 0 Å². The summed E-state index contributed by atoms with van der Waals surface area (Å²) in [6.07, 6.45) is 4.79. The molecular weight excluding hydrogens is 501 g/mol. The van der Waals surface area contributed by atoms with Crippen molar-refractivity contribution in [1.82, 2.24) is 23.7 Å². The number of hydrogen-bond donors (Lipinski definition) is 1. The molecule has 0 radical (unpaired) electrons. The highest BCUT2D eigenvalue weighted by Gasteiger charge is 2.25. The van der Waals surface area contributed by atoms with E-state index in [1.807, 2.05) is 32.9 Å². The minimum atomic E-state index is -0.479. The first-order valence-corrected chi connectivity index (χ1v) is 13.5. The predicted octanol–water partition coefficient (Wildman–Crippen LogP) is 4.20. The lowest BCUT2D eigenvalue weighted by Crippen LogP contribution is -2.41. The summed E-state index contributed by atoms with van der Waals surface area (Å²) in [5, 5.41) is 9.38. The Balaban J connectivity index is 1.73. The molecule has 1 aliphatic carbocycles. The first kappa shape index (κ1) is 26.8. The zero-order valence-corrected chi connectivity index (χ0v) is 22.6. The molecule has 10 heteroatoms. The van der Waals surface area contributed by atoms with Gasteiger partial charge in [-0.2, -0.15) is 0 Å². The van der Waals surface area contributed by atoms with Gasteiger partial charge in [-0.1, -0.05) is 12.1 Å². The highest BCUT2D eigenvalue weighted by atomic mass is 19.1. The van der Waals surface area contributed by atoms with E-state index in [-0.39, 0.29) is 55.2 Å². The number of rotatable bonds is 9. The molecule has 0 aliphatic heterocycles. The van der Waals surface area contributed by atoms with Crippen molar-refractivity contribution in [2.24, 2.45) is 0 Å². The first-order valence-electron chi connectivity index (χ1n) is 13.5. The van der Waals surface area contributed by atoms with Gasteiger partial charge in [-0.25, -0.2) is 19.2 Å². The second kappa shape index (κ2) is 11.1. The minimum absolute atomic E-state index is 0.0850. The summed E-state index contributed by atoms with van der Waals surface area (Å²) in [6.45, 7) is 5.77. The maximum atomic E-state index is 13.8. The van der Waals surface area contributed by atoms with Crippen molar-refractivity contribution >= 4 is 11.2 Å². The summed E-state index contributed by atoms with van der Waals surface area (Å²) in [7, 11) is 0. The van der Waals surface area contributed by atoms with E-state index in [1.165, 1.54) is 16.7 Å². The average molecular weight is 536 g/mol. The second-order valence-corrected chi connectivity index (χ2v) is 10.4. The van der Waals surface area contributed by atoms with E-state index >= 15 is 0 Å². The summed E-state index contributed by atoms with van der Waals surface area (Å²) >= 11 is 0. The molecule has 3 aromatic heterocycles. The lowest BCUT2D eigenvalue weighted by molar-refractivity contribution is 0.201. The van der Waals surface area contributed by atoms with Crippen LogP contribution in [0.5, 0.6) is 5.88 Å². The smallest absolute Gasteiger partial charge is 0.332 e. The first-order chi connectivity index (χ1) is 18.8. The lowest BCUT2D eigenvalue weighted by Gasteiger charge is -2.15. The van der Waals surface area contributed by atoms with Crippen LogP contribution in [-0.2, 0) is 13.1 Å². The molecule has 0 atom stereocenters. The molecule has 5 rings (SSSR count). The highest BCUT2D eigenvalue weighted by Crippen LogP contribution is 2.30. The van der Waals surface area contributed by atoms with E-state index in [9.17, 15) is 19.1 Å². The van der Waals surface area contributed by atoms with Crippen LogP contribution in [0, 0.1) is 12.7 Å². The van der Waals surface area contributed by atoms with Gasteiger partial charge in [-0.05, 0) is 76.6 Å². The molecule has 1 N–H and O–H groups in total. The van der Waals surface area contributed by atoms with E-state index < -0.39 is 11.2 Å². The molecule has 3 heterocycles. The maximum absolute atomic E-state index is 13.8. The third-order valence-electron chi connectivity index (χ3n) is 7.26. The fourth-order valence-corrected chi connectivity index (χ4v) is 5.29. The number of aromatic nitrogens is 5. The third-order valence-corrected chi connectivity index (χ3v) is 7.26. The van der Waals surface area contributed by atoms with E-state index in [4.69, 9.17) is 14.7 Å². The Morgan fingerprint density at radius 3 is 2.41 bits per heavy atom. The molecule has 1 aliphatic rings. The zero-order chi connectivity index (χ0) is 27.7. The fourth-order valence-electron chi connectivity index (χ4n) is 5.29. The van der Waals surface area contributed by atoms with Crippen LogP contribution in [0.15, 0.2) is 46.0 Å². The Hall–Kier alpha value is -3.79. The number of nitrogens with zero attached hydrogens (tertiary/aromatic N) is 5. The van der Waals surface area contributed by atoms with E-state index in [2.05, 4.69) is 0 Å². The average Bonchev–Trinajstić information content (AvgIpc) is 3.53. The monoisotopic (exact) mass is 535 g/mol. The van der Waals surface area contributed by atoms with Crippen LogP contribution >= 0.6 is 0 Å². The van der Waals surface area contributed by atoms with Gasteiger partial charge in [0.2, 0.25) is 5.88 Å². The maximum Gasteiger partial charge on any atom is 0.332 e. The Labute approximate surface area is 225 Å². The van der Waals surface area contributed by atoms with Crippen molar-refractivity contribution in [3.8, 4) is 17.3 Å². The van der Waals surface area contributed by atoms with Crippen molar-refractivity contribution in [1.29, 1.82) is 0 Å². The van der Waals surface area contributed by atoms with Gasteiger partial charge >= 0.3 is 5.69 Å². The standard InChI is InChI=1S/C29H34FN5O4/c1-18(2)35-27-25(28(37)33(29(35)38)15-6-16-36)34(17-20-9-11-21(30)12-10-20)26(32-27)23-13-14-24(31-19(23)3)39-22-7-4-5-8-22/h9-14,18,22,36H,4-8,15-17H2,1-3H3. The largest absolute Gasteiger partial charge is 0.474 e. The fraction of sp³-hybridized carbons (Fsp3) is 0.448. The molecule has 1 fully saturated rings. The molecule has 0 saturated heterocycles. The van der Waals surface area contributed by atoms with Crippen molar-refractivity contribution in [2.45, 2.75) is 78.1 Å². The molecule has 0 amide bonds. The molecule has 9 nitrogen and oxygen atoms in total. The van der Waals surface area contributed by atoms with Gasteiger partial charge in [-0.15, -0.1) is 0 Å². The number of fused-ring (bicyclic) bond motifs is 1. The zero-order valence-electron chi connectivity index (χ0n) is 22.6. The molecule has 39 heavy (non-hydrogen) atoms. The van der Waals surface area contributed by atoms with Crippen LogP contribution in [0.25, 0.3) is 22.6 Å². The van der Waals surface area contributed by atoms with Gasteiger partial charge in [0, 0.05) is 37.4 Å². The summed E-state index contributed by atoms with van der Waals surface area (Å²) in [5.41, 5.74) is 1.76. The molecule has 0 unspecified atom stereocenters. The lowest BCUT2D eigenvalue weighted by atomic mass is 10.1. The van der Waals surface area contributed by atoms with Crippen LogP contribution < -0.4 is 16.0 Å². The number of aliphatic hydroxyl groups excluding tert-OH is 1. The van der Waals surface area contributed by atoms with Gasteiger partial charge in [-0.3, -0.25) is 13.9 Å². The molecule has 206 valence electrons. The Morgan fingerprint density at radius 1 is 1.05 bits per heavy atom. The highest BCUT2D eigenvalue weighted by molar-refractivity contribution is 5.78. The Bertz CT molecular complexity index is 1600. The molecule has 1 saturated carbocycles. The summed E-state index contributed by atoms with van der Waals surface area (Å²) in [5.74, 6) is 0.680.